The van der Waals surface area contributed by atoms with Crippen molar-refractivity contribution >= 4 is 5.82 Å². The minimum atomic E-state index is -4.41. The van der Waals surface area contributed by atoms with E-state index in [0.717, 1.165) is 43.7 Å². The Kier molecular flexibility index (Phi) is 4.17. The van der Waals surface area contributed by atoms with Gasteiger partial charge in [0.2, 0.25) is 0 Å². The molecule has 1 saturated heterocycles. The first-order valence-corrected chi connectivity index (χ1v) is 8.81. The fraction of sp³-hybridized carbons (Fsp3) is 0.556. The molecule has 1 atom stereocenters. The van der Waals surface area contributed by atoms with Gasteiger partial charge in [-0.05, 0) is 43.7 Å². The van der Waals surface area contributed by atoms with Gasteiger partial charge in [0.1, 0.15) is 17.3 Å². The van der Waals surface area contributed by atoms with Gasteiger partial charge in [-0.1, -0.05) is 6.07 Å². The monoisotopic (exact) mass is 350 g/mol. The van der Waals surface area contributed by atoms with Crippen molar-refractivity contribution in [1.82, 2.24) is 14.5 Å². The maximum atomic E-state index is 12.9. The molecule has 2 aliphatic rings. The van der Waals surface area contributed by atoms with E-state index in [0.29, 0.717) is 12.4 Å². The molecule has 4 rings (SSSR count). The van der Waals surface area contributed by atoms with Gasteiger partial charge in [-0.25, -0.2) is 9.97 Å². The van der Waals surface area contributed by atoms with Crippen molar-refractivity contribution in [3.05, 3.63) is 42.1 Å². The zero-order valence-corrected chi connectivity index (χ0v) is 13.9. The van der Waals surface area contributed by atoms with Crippen LogP contribution in [0.1, 0.15) is 43.1 Å². The first-order valence-electron chi connectivity index (χ1n) is 8.81. The topological polar surface area (TPSA) is 34.0 Å². The maximum absolute atomic E-state index is 12.9. The van der Waals surface area contributed by atoms with E-state index in [9.17, 15) is 13.2 Å². The normalized spacial score (nSPS) is 21.6. The summed E-state index contributed by atoms with van der Waals surface area (Å²) in [6.45, 7) is 2.40. The summed E-state index contributed by atoms with van der Waals surface area (Å²) in [7, 11) is 0. The zero-order chi connectivity index (χ0) is 17.4. The number of aromatic nitrogens is 3. The van der Waals surface area contributed by atoms with Gasteiger partial charge in [-0.3, -0.25) is 0 Å². The third kappa shape index (κ3) is 3.65. The molecular weight excluding hydrogens is 329 g/mol. The first kappa shape index (κ1) is 16.4. The van der Waals surface area contributed by atoms with Gasteiger partial charge in [0, 0.05) is 37.9 Å². The van der Waals surface area contributed by atoms with Crippen molar-refractivity contribution in [3.8, 4) is 0 Å². The molecule has 0 N–H and O–H groups in total. The SMILES string of the molecule is FC(F)(F)c1cccc(N2CCC[C@H](c3nccn3CC3CC3)C2)n1. The number of nitrogens with zero attached hydrogens (tertiary/aromatic N) is 4. The second-order valence-corrected chi connectivity index (χ2v) is 7.05. The summed E-state index contributed by atoms with van der Waals surface area (Å²) < 4.78 is 41.0. The highest BCUT2D eigenvalue weighted by atomic mass is 19.4. The summed E-state index contributed by atoms with van der Waals surface area (Å²) in [5.41, 5.74) is -0.831. The maximum Gasteiger partial charge on any atom is 0.433 e. The summed E-state index contributed by atoms with van der Waals surface area (Å²) in [4.78, 5) is 10.3. The number of piperidine rings is 1. The molecule has 134 valence electrons. The summed E-state index contributed by atoms with van der Waals surface area (Å²) in [6.07, 6.45) is 3.95. The van der Waals surface area contributed by atoms with Crippen LogP contribution in [0.4, 0.5) is 19.0 Å². The Balaban J connectivity index is 1.52. The largest absolute Gasteiger partial charge is 0.433 e. The second-order valence-electron chi connectivity index (χ2n) is 7.05. The van der Waals surface area contributed by atoms with E-state index < -0.39 is 11.9 Å². The predicted molar refractivity (Wildman–Crippen MR) is 88.4 cm³/mol. The zero-order valence-electron chi connectivity index (χ0n) is 13.9. The van der Waals surface area contributed by atoms with E-state index in [2.05, 4.69) is 14.5 Å². The van der Waals surface area contributed by atoms with Crippen LogP contribution in [0.2, 0.25) is 0 Å². The Labute approximate surface area is 144 Å². The third-order valence-electron chi connectivity index (χ3n) is 5.03. The fourth-order valence-electron chi connectivity index (χ4n) is 3.57. The lowest BCUT2D eigenvalue weighted by molar-refractivity contribution is -0.141. The van der Waals surface area contributed by atoms with E-state index in [1.54, 1.807) is 6.07 Å². The Bertz CT molecular complexity index is 736. The molecule has 1 aliphatic carbocycles. The lowest BCUT2D eigenvalue weighted by Crippen LogP contribution is -2.36. The molecule has 2 fully saturated rings. The highest BCUT2D eigenvalue weighted by Crippen LogP contribution is 2.34. The smallest absolute Gasteiger partial charge is 0.356 e. The third-order valence-corrected chi connectivity index (χ3v) is 5.03. The van der Waals surface area contributed by atoms with Gasteiger partial charge in [0.15, 0.2) is 0 Å². The van der Waals surface area contributed by atoms with Gasteiger partial charge in [0.25, 0.3) is 0 Å². The number of anilines is 1. The van der Waals surface area contributed by atoms with E-state index in [-0.39, 0.29) is 5.92 Å². The number of halogens is 3. The Hall–Kier alpha value is -2.05. The minimum Gasteiger partial charge on any atom is -0.356 e. The fourth-order valence-corrected chi connectivity index (χ4v) is 3.57. The van der Waals surface area contributed by atoms with Crippen molar-refractivity contribution in [3.63, 3.8) is 0 Å². The second kappa shape index (κ2) is 6.35. The van der Waals surface area contributed by atoms with Gasteiger partial charge in [-0.15, -0.1) is 0 Å². The Morgan fingerprint density at radius 1 is 1.16 bits per heavy atom. The van der Waals surface area contributed by atoms with Crippen LogP contribution in [-0.2, 0) is 12.7 Å². The van der Waals surface area contributed by atoms with Crippen molar-refractivity contribution < 1.29 is 13.2 Å². The van der Waals surface area contributed by atoms with Gasteiger partial charge in [0.05, 0.1) is 0 Å². The predicted octanol–water partition coefficient (Wildman–Crippen LogP) is 4.09. The average Bonchev–Trinajstić information content (AvgIpc) is 3.29. The summed E-state index contributed by atoms with van der Waals surface area (Å²) >= 11 is 0. The Morgan fingerprint density at radius 3 is 2.76 bits per heavy atom. The molecule has 3 heterocycles. The molecule has 7 heteroatoms. The summed E-state index contributed by atoms with van der Waals surface area (Å²) in [6, 6.07) is 4.12. The number of rotatable bonds is 4. The minimum absolute atomic E-state index is 0.235. The standard InChI is InChI=1S/C18H21F3N4/c19-18(20,21)15-4-1-5-16(23-15)24-9-2-3-14(12-24)17-22-8-10-25(17)11-13-6-7-13/h1,4-5,8,10,13-14H,2-3,6-7,9,11-12H2/t14-/m0/s1. The molecular formula is C18H21F3N4. The van der Waals surface area contributed by atoms with Crippen molar-refractivity contribution in [2.75, 3.05) is 18.0 Å². The molecule has 0 spiro atoms. The quantitative estimate of drug-likeness (QED) is 0.833. The molecule has 4 nitrogen and oxygen atoms in total. The molecule has 1 saturated carbocycles. The number of hydrogen-bond donors (Lipinski definition) is 0. The average molecular weight is 350 g/mol. The van der Waals surface area contributed by atoms with E-state index in [4.69, 9.17) is 0 Å². The first-order chi connectivity index (χ1) is 12.0. The van der Waals surface area contributed by atoms with Crippen LogP contribution < -0.4 is 4.90 Å². The van der Waals surface area contributed by atoms with Crippen molar-refractivity contribution in [2.45, 2.75) is 44.3 Å². The van der Waals surface area contributed by atoms with Crippen LogP contribution >= 0.6 is 0 Å². The molecule has 2 aromatic rings. The van der Waals surface area contributed by atoms with E-state index in [1.165, 1.54) is 18.9 Å². The van der Waals surface area contributed by atoms with Gasteiger partial charge in [-0.2, -0.15) is 13.2 Å². The molecule has 1 aliphatic heterocycles. The summed E-state index contributed by atoms with van der Waals surface area (Å²) in [5, 5.41) is 0. The van der Waals surface area contributed by atoms with E-state index >= 15 is 0 Å². The lowest BCUT2D eigenvalue weighted by atomic mass is 9.97. The number of imidazole rings is 1. The molecule has 0 radical (unpaired) electrons. The molecule has 0 amide bonds. The molecule has 0 bridgehead atoms. The summed E-state index contributed by atoms with van der Waals surface area (Å²) in [5.74, 6) is 2.46. The van der Waals surface area contributed by atoms with Crippen LogP contribution in [0.25, 0.3) is 0 Å². The molecule has 0 aromatic carbocycles. The van der Waals surface area contributed by atoms with Gasteiger partial charge >= 0.3 is 6.18 Å². The number of pyridine rings is 1. The molecule has 0 unspecified atom stereocenters. The highest BCUT2D eigenvalue weighted by molar-refractivity contribution is 5.41. The number of alkyl halides is 3. The lowest BCUT2D eigenvalue weighted by Gasteiger charge is -2.33. The molecule has 25 heavy (non-hydrogen) atoms. The number of hydrogen-bond acceptors (Lipinski definition) is 3. The van der Waals surface area contributed by atoms with Crippen LogP contribution in [0.15, 0.2) is 30.6 Å². The van der Waals surface area contributed by atoms with Crippen LogP contribution in [0.3, 0.4) is 0 Å². The van der Waals surface area contributed by atoms with Crippen LogP contribution in [-0.4, -0.2) is 27.6 Å². The molecule has 2 aromatic heterocycles. The van der Waals surface area contributed by atoms with Crippen molar-refractivity contribution in [2.24, 2.45) is 5.92 Å². The van der Waals surface area contributed by atoms with E-state index in [1.807, 2.05) is 17.3 Å². The van der Waals surface area contributed by atoms with Gasteiger partial charge < -0.3 is 9.47 Å². The van der Waals surface area contributed by atoms with Crippen LogP contribution in [0, 0.1) is 5.92 Å². The Morgan fingerprint density at radius 2 is 2.00 bits per heavy atom. The van der Waals surface area contributed by atoms with Crippen molar-refractivity contribution in [1.29, 1.82) is 0 Å². The van der Waals surface area contributed by atoms with Crippen LogP contribution in [0.5, 0.6) is 0 Å². The highest BCUT2D eigenvalue weighted by Gasteiger charge is 2.33.